The van der Waals surface area contributed by atoms with E-state index >= 15 is 0 Å². The maximum Gasteiger partial charge on any atom is 0.253 e. The lowest BCUT2D eigenvalue weighted by atomic mass is 10.0. The number of aromatic amines is 1. The van der Waals surface area contributed by atoms with Gasteiger partial charge in [0.2, 0.25) is 0 Å². The van der Waals surface area contributed by atoms with Gasteiger partial charge in [0.1, 0.15) is 6.04 Å². The van der Waals surface area contributed by atoms with Gasteiger partial charge in [0.25, 0.3) is 5.56 Å². The Balaban J connectivity index is 1.47. The van der Waals surface area contributed by atoms with E-state index < -0.39 is 0 Å². The summed E-state index contributed by atoms with van der Waals surface area (Å²) in [7, 11) is 1.66. The van der Waals surface area contributed by atoms with Crippen LogP contribution in [0.4, 0.5) is 0 Å². The molecular weight excluding hydrogens is 442 g/mol. The lowest BCUT2D eigenvalue weighted by Crippen LogP contribution is -2.48. The molecule has 9 nitrogen and oxygen atoms in total. The van der Waals surface area contributed by atoms with Gasteiger partial charge in [-0.05, 0) is 46.5 Å². The highest BCUT2D eigenvalue weighted by atomic mass is 16.5. The molecule has 1 aliphatic rings. The van der Waals surface area contributed by atoms with Crippen LogP contribution in [0.1, 0.15) is 28.6 Å². The third-order valence-electron chi connectivity index (χ3n) is 6.66. The normalized spacial score (nSPS) is 16.1. The van der Waals surface area contributed by atoms with Gasteiger partial charge in [-0.1, -0.05) is 42.0 Å². The molecule has 1 N–H and O–H groups in total. The molecule has 1 fully saturated rings. The standard InChI is InChI=1S/C26H31N7O2/c1-19-8-9-23-21(16-19)17-22(26(34)27-23)24(25-28-29-30-33(25)14-15-35-2)32-12-10-31(11-13-32)18-20-6-4-3-5-7-20/h3-9,16-17,24H,10-15,18H2,1-2H3,(H,27,34). The van der Waals surface area contributed by atoms with Gasteiger partial charge in [-0.15, -0.1) is 5.10 Å². The molecular formula is C26H31N7O2. The largest absolute Gasteiger partial charge is 0.383 e. The first-order valence-electron chi connectivity index (χ1n) is 12.0. The van der Waals surface area contributed by atoms with Crippen molar-refractivity contribution in [3.63, 3.8) is 0 Å². The highest BCUT2D eigenvalue weighted by molar-refractivity contribution is 5.79. The highest BCUT2D eigenvalue weighted by Crippen LogP contribution is 2.28. The second kappa shape index (κ2) is 10.5. The summed E-state index contributed by atoms with van der Waals surface area (Å²) >= 11 is 0. The number of benzene rings is 2. The number of piperazine rings is 1. The lowest BCUT2D eigenvalue weighted by Gasteiger charge is -2.38. The molecule has 4 aromatic rings. The van der Waals surface area contributed by atoms with Crippen LogP contribution in [0.25, 0.3) is 10.9 Å². The molecule has 0 radical (unpaired) electrons. The summed E-state index contributed by atoms with van der Waals surface area (Å²) in [6.45, 7) is 7.39. The van der Waals surface area contributed by atoms with Crippen molar-refractivity contribution >= 4 is 10.9 Å². The number of rotatable bonds is 8. The number of aryl methyl sites for hydroxylation is 1. The first kappa shape index (κ1) is 23.3. The second-order valence-electron chi connectivity index (χ2n) is 9.10. The Morgan fingerprint density at radius 1 is 1.06 bits per heavy atom. The average molecular weight is 474 g/mol. The van der Waals surface area contributed by atoms with Gasteiger partial charge in [0.05, 0.1) is 13.2 Å². The van der Waals surface area contributed by atoms with Crippen LogP contribution in [0, 0.1) is 6.92 Å². The minimum absolute atomic E-state index is 0.112. The van der Waals surface area contributed by atoms with Crippen molar-refractivity contribution < 1.29 is 4.74 Å². The van der Waals surface area contributed by atoms with Crippen molar-refractivity contribution in [1.29, 1.82) is 0 Å². The number of aromatic nitrogens is 5. The van der Waals surface area contributed by atoms with E-state index in [0.29, 0.717) is 24.5 Å². The monoisotopic (exact) mass is 473 g/mol. The van der Waals surface area contributed by atoms with Gasteiger partial charge in [-0.25, -0.2) is 4.68 Å². The molecule has 0 bridgehead atoms. The van der Waals surface area contributed by atoms with E-state index in [4.69, 9.17) is 4.74 Å². The fraction of sp³-hybridized carbons (Fsp3) is 0.385. The number of tetrazole rings is 1. The zero-order valence-electron chi connectivity index (χ0n) is 20.2. The molecule has 35 heavy (non-hydrogen) atoms. The molecule has 0 amide bonds. The molecule has 1 unspecified atom stereocenters. The van der Waals surface area contributed by atoms with E-state index in [0.717, 1.165) is 49.2 Å². The van der Waals surface area contributed by atoms with Crippen molar-refractivity contribution in [2.24, 2.45) is 0 Å². The smallest absolute Gasteiger partial charge is 0.253 e. The molecule has 5 rings (SSSR count). The quantitative estimate of drug-likeness (QED) is 0.420. The first-order valence-corrected chi connectivity index (χ1v) is 12.0. The van der Waals surface area contributed by atoms with Gasteiger partial charge in [-0.2, -0.15) is 0 Å². The van der Waals surface area contributed by atoms with Crippen LogP contribution in [0.15, 0.2) is 59.4 Å². The van der Waals surface area contributed by atoms with E-state index in [1.54, 1.807) is 11.8 Å². The summed E-state index contributed by atoms with van der Waals surface area (Å²) in [6.07, 6.45) is 0. The summed E-state index contributed by atoms with van der Waals surface area (Å²) in [5, 5.41) is 13.5. The van der Waals surface area contributed by atoms with Crippen molar-refractivity contribution in [1.82, 2.24) is 35.0 Å². The molecule has 3 heterocycles. The van der Waals surface area contributed by atoms with Crippen LogP contribution >= 0.6 is 0 Å². The molecule has 2 aromatic heterocycles. The van der Waals surface area contributed by atoms with Crippen LogP contribution in [0.2, 0.25) is 0 Å². The topological polar surface area (TPSA) is 92.2 Å². The summed E-state index contributed by atoms with van der Waals surface area (Å²) in [6, 6.07) is 18.2. The lowest BCUT2D eigenvalue weighted by molar-refractivity contribution is 0.0984. The Morgan fingerprint density at radius 2 is 1.86 bits per heavy atom. The predicted octanol–water partition coefficient (Wildman–Crippen LogP) is 2.38. The average Bonchev–Trinajstić information content (AvgIpc) is 3.33. The number of hydrogen-bond acceptors (Lipinski definition) is 7. The van der Waals surface area contributed by atoms with Crippen molar-refractivity contribution in [3.8, 4) is 0 Å². The van der Waals surface area contributed by atoms with Crippen LogP contribution in [0.5, 0.6) is 0 Å². The Labute approximate surface area is 204 Å². The number of hydrogen-bond donors (Lipinski definition) is 1. The van der Waals surface area contributed by atoms with Gasteiger partial charge in [0.15, 0.2) is 5.82 Å². The van der Waals surface area contributed by atoms with Crippen LogP contribution in [-0.2, 0) is 17.8 Å². The first-order chi connectivity index (χ1) is 17.1. The number of H-pyrrole nitrogens is 1. The number of fused-ring (bicyclic) bond motifs is 1. The SMILES string of the molecule is COCCn1nnnc1C(c1cc2cc(C)ccc2[nH]c1=O)N1CCN(Cc2ccccc2)CC1. The van der Waals surface area contributed by atoms with E-state index in [9.17, 15) is 4.79 Å². The minimum atomic E-state index is -0.352. The number of nitrogens with zero attached hydrogens (tertiary/aromatic N) is 6. The predicted molar refractivity (Wildman–Crippen MR) is 134 cm³/mol. The molecule has 0 spiro atoms. The van der Waals surface area contributed by atoms with E-state index in [1.165, 1.54) is 5.56 Å². The van der Waals surface area contributed by atoms with Crippen molar-refractivity contribution in [2.45, 2.75) is 26.1 Å². The van der Waals surface area contributed by atoms with Crippen LogP contribution in [0.3, 0.4) is 0 Å². The Bertz CT molecular complexity index is 1330. The fourth-order valence-electron chi connectivity index (χ4n) is 4.81. The number of nitrogens with one attached hydrogen (secondary N) is 1. The molecule has 1 saturated heterocycles. The number of methoxy groups -OCH3 is 1. The maximum absolute atomic E-state index is 13.3. The molecule has 1 atom stereocenters. The second-order valence-corrected chi connectivity index (χ2v) is 9.10. The van der Waals surface area contributed by atoms with Crippen LogP contribution < -0.4 is 5.56 Å². The summed E-state index contributed by atoms with van der Waals surface area (Å²) in [5.74, 6) is 0.663. The minimum Gasteiger partial charge on any atom is -0.383 e. The zero-order chi connectivity index (χ0) is 24.2. The summed E-state index contributed by atoms with van der Waals surface area (Å²) < 4.78 is 7.02. The Hall–Kier alpha value is -3.40. The van der Waals surface area contributed by atoms with Crippen molar-refractivity contribution in [3.05, 3.63) is 87.5 Å². The Morgan fingerprint density at radius 3 is 2.63 bits per heavy atom. The molecule has 0 aliphatic carbocycles. The fourth-order valence-corrected chi connectivity index (χ4v) is 4.81. The van der Waals surface area contributed by atoms with Crippen molar-refractivity contribution in [2.75, 3.05) is 39.9 Å². The third-order valence-corrected chi connectivity index (χ3v) is 6.66. The van der Waals surface area contributed by atoms with Gasteiger partial charge in [-0.3, -0.25) is 14.6 Å². The molecule has 1 aliphatic heterocycles. The molecule has 9 heteroatoms. The Kier molecular flexibility index (Phi) is 6.98. The highest BCUT2D eigenvalue weighted by Gasteiger charge is 2.32. The zero-order valence-corrected chi connectivity index (χ0v) is 20.2. The molecule has 0 saturated carbocycles. The maximum atomic E-state index is 13.3. The summed E-state index contributed by atoms with van der Waals surface area (Å²) in [5.41, 5.74) is 3.83. The van der Waals surface area contributed by atoms with E-state index in [2.05, 4.69) is 67.6 Å². The number of ether oxygens (including phenoxy) is 1. The van der Waals surface area contributed by atoms with E-state index in [-0.39, 0.29) is 11.6 Å². The summed E-state index contributed by atoms with van der Waals surface area (Å²) in [4.78, 5) is 21.2. The van der Waals surface area contributed by atoms with Gasteiger partial charge < -0.3 is 9.72 Å². The van der Waals surface area contributed by atoms with E-state index in [1.807, 2.05) is 24.3 Å². The van der Waals surface area contributed by atoms with Gasteiger partial charge in [0, 0.05) is 50.9 Å². The van der Waals surface area contributed by atoms with Gasteiger partial charge >= 0.3 is 0 Å². The number of pyridine rings is 1. The van der Waals surface area contributed by atoms with Crippen LogP contribution in [-0.4, -0.2) is 74.9 Å². The third kappa shape index (κ3) is 5.17. The molecule has 182 valence electrons. The molecule has 2 aromatic carbocycles.